The van der Waals surface area contributed by atoms with E-state index in [1.165, 1.54) is 0 Å². The van der Waals surface area contributed by atoms with Gasteiger partial charge in [-0.25, -0.2) is 0 Å². The molecule has 2 N–H and O–H groups in total. The van der Waals surface area contributed by atoms with E-state index in [9.17, 15) is 9.90 Å². The zero-order valence-electron chi connectivity index (χ0n) is 14.0. The summed E-state index contributed by atoms with van der Waals surface area (Å²) < 4.78 is 0. The first-order valence-corrected chi connectivity index (χ1v) is 7.94. The number of nitrogens with zero attached hydrogens (tertiary/aromatic N) is 1. The van der Waals surface area contributed by atoms with Crippen LogP contribution < -0.4 is 5.32 Å². The first-order valence-electron chi connectivity index (χ1n) is 7.94. The summed E-state index contributed by atoms with van der Waals surface area (Å²) >= 11 is 0. The molecule has 24 heavy (non-hydrogen) atoms. The minimum absolute atomic E-state index is 0.176. The summed E-state index contributed by atoms with van der Waals surface area (Å²) in [5.74, 6) is -0.176. The van der Waals surface area contributed by atoms with Crippen LogP contribution in [0, 0.1) is 11.3 Å². The molecule has 0 saturated heterocycles. The lowest BCUT2D eigenvalue weighted by Gasteiger charge is -2.25. The van der Waals surface area contributed by atoms with E-state index in [4.69, 9.17) is 5.26 Å². The van der Waals surface area contributed by atoms with Crippen LogP contribution in [-0.2, 0) is 16.6 Å². The van der Waals surface area contributed by atoms with E-state index in [2.05, 4.69) is 11.4 Å². The minimum atomic E-state index is -0.778. The van der Waals surface area contributed by atoms with Gasteiger partial charge in [-0.3, -0.25) is 4.79 Å². The third-order valence-corrected chi connectivity index (χ3v) is 4.09. The van der Waals surface area contributed by atoms with Crippen LogP contribution in [0.15, 0.2) is 54.6 Å². The van der Waals surface area contributed by atoms with Crippen LogP contribution >= 0.6 is 0 Å². The lowest BCUT2D eigenvalue weighted by Crippen LogP contribution is -2.43. The summed E-state index contributed by atoms with van der Waals surface area (Å²) in [7, 11) is 0. The fourth-order valence-electron chi connectivity index (χ4n) is 2.50. The molecular formula is C20H22N2O2. The zero-order chi connectivity index (χ0) is 17.6. The molecule has 0 spiro atoms. The Kier molecular flexibility index (Phi) is 5.73. The number of hydrogen-bond acceptors (Lipinski definition) is 3. The number of nitrogens with one attached hydrogen (secondary N) is 1. The molecule has 2 aromatic carbocycles. The maximum atomic E-state index is 12.5. The maximum Gasteiger partial charge on any atom is 0.230 e. The molecule has 4 heteroatoms. The summed E-state index contributed by atoms with van der Waals surface area (Å²) in [4.78, 5) is 12.5. The monoisotopic (exact) mass is 322 g/mol. The van der Waals surface area contributed by atoms with E-state index in [1.54, 1.807) is 18.2 Å². The topological polar surface area (TPSA) is 73.1 Å². The van der Waals surface area contributed by atoms with Crippen molar-refractivity contribution < 1.29 is 9.90 Å². The molecule has 2 rings (SSSR count). The van der Waals surface area contributed by atoms with Crippen LogP contribution in [0.4, 0.5) is 0 Å². The van der Waals surface area contributed by atoms with Gasteiger partial charge in [0.05, 0.1) is 23.2 Å². The Morgan fingerprint density at radius 1 is 1.21 bits per heavy atom. The standard InChI is InChI=1S/C20H22N2O2/c1-20(2,17-10-6-9-16(11-17)13-21)19(24)22-14-18(23)12-15-7-4-3-5-8-15/h3-11,18,23H,12,14H2,1-2H3,(H,22,24). The van der Waals surface area contributed by atoms with Gasteiger partial charge in [0.1, 0.15) is 0 Å². The van der Waals surface area contributed by atoms with E-state index in [-0.39, 0.29) is 12.5 Å². The lowest BCUT2D eigenvalue weighted by atomic mass is 9.83. The van der Waals surface area contributed by atoms with Crippen molar-refractivity contribution in [3.05, 3.63) is 71.3 Å². The fourth-order valence-corrected chi connectivity index (χ4v) is 2.50. The van der Waals surface area contributed by atoms with Gasteiger partial charge in [0.2, 0.25) is 5.91 Å². The van der Waals surface area contributed by atoms with Crippen LogP contribution in [0.2, 0.25) is 0 Å². The SMILES string of the molecule is CC(C)(C(=O)NCC(O)Cc1ccccc1)c1cccc(C#N)c1. The maximum absolute atomic E-state index is 12.5. The summed E-state index contributed by atoms with van der Waals surface area (Å²) in [6.07, 6.45) is -0.150. The second-order valence-electron chi connectivity index (χ2n) is 6.37. The van der Waals surface area contributed by atoms with E-state index in [1.807, 2.05) is 50.2 Å². The Balaban J connectivity index is 1.96. The van der Waals surface area contributed by atoms with Gasteiger partial charge in [-0.15, -0.1) is 0 Å². The predicted molar refractivity (Wildman–Crippen MR) is 93.3 cm³/mol. The van der Waals surface area contributed by atoms with E-state index in [0.717, 1.165) is 11.1 Å². The predicted octanol–water partition coefficient (Wildman–Crippen LogP) is 2.56. The highest BCUT2D eigenvalue weighted by molar-refractivity contribution is 5.87. The van der Waals surface area contributed by atoms with E-state index < -0.39 is 11.5 Å². The molecule has 0 aliphatic heterocycles. The Morgan fingerprint density at radius 2 is 1.92 bits per heavy atom. The van der Waals surface area contributed by atoms with Gasteiger partial charge in [-0.1, -0.05) is 42.5 Å². The van der Waals surface area contributed by atoms with Crippen molar-refractivity contribution in [2.45, 2.75) is 31.8 Å². The Hall–Kier alpha value is -2.64. The molecule has 124 valence electrons. The number of aliphatic hydroxyl groups is 1. The van der Waals surface area contributed by atoms with E-state index >= 15 is 0 Å². The highest BCUT2D eigenvalue weighted by Gasteiger charge is 2.30. The summed E-state index contributed by atoms with van der Waals surface area (Å²) in [5, 5.41) is 21.9. The number of amides is 1. The zero-order valence-corrected chi connectivity index (χ0v) is 14.0. The quantitative estimate of drug-likeness (QED) is 0.858. The number of rotatable bonds is 6. The molecule has 0 heterocycles. The normalized spacial score (nSPS) is 12.2. The minimum Gasteiger partial charge on any atom is -0.391 e. The fraction of sp³-hybridized carbons (Fsp3) is 0.300. The summed E-state index contributed by atoms with van der Waals surface area (Å²) in [6.45, 7) is 3.81. The van der Waals surface area contributed by atoms with Gasteiger partial charge in [-0.2, -0.15) is 5.26 Å². The third-order valence-electron chi connectivity index (χ3n) is 4.09. The van der Waals surface area contributed by atoms with Crippen molar-refractivity contribution in [2.24, 2.45) is 0 Å². The van der Waals surface area contributed by atoms with E-state index in [0.29, 0.717) is 12.0 Å². The van der Waals surface area contributed by atoms with Gasteiger partial charge in [-0.05, 0) is 37.1 Å². The van der Waals surface area contributed by atoms with Crippen molar-refractivity contribution in [2.75, 3.05) is 6.54 Å². The molecule has 4 nitrogen and oxygen atoms in total. The Labute approximate surface area is 142 Å². The molecule has 2 aromatic rings. The van der Waals surface area contributed by atoms with Gasteiger partial charge in [0, 0.05) is 13.0 Å². The molecule has 0 aliphatic carbocycles. The second-order valence-corrected chi connectivity index (χ2v) is 6.37. The second kappa shape index (κ2) is 7.76. The molecule has 0 aromatic heterocycles. The smallest absolute Gasteiger partial charge is 0.230 e. The first kappa shape index (κ1) is 17.7. The van der Waals surface area contributed by atoms with Gasteiger partial charge >= 0.3 is 0 Å². The molecule has 0 aliphatic rings. The van der Waals surface area contributed by atoms with Crippen molar-refractivity contribution in [3.63, 3.8) is 0 Å². The number of carbonyl (C=O) groups excluding carboxylic acids is 1. The molecule has 0 radical (unpaired) electrons. The lowest BCUT2D eigenvalue weighted by molar-refractivity contribution is -0.126. The highest BCUT2D eigenvalue weighted by Crippen LogP contribution is 2.24. The summed E-state index contributed by atoms with van der Waals surface area (Å²) in [6, 6.07) is 18.8. The van der Waals surface area contributed by atoms with Crippen LogP contribution in [-0.4, -0.2) is 23.7 Å². The Bertz CT molecular complexity index is 733. The molecule has 0 fully saturated rings. The first-order chi connectivity index (χ1) is 11.4. The largest absolute Gasteiger partial charge is 0.391 e. The molecule has 1 unspecified atom stereocenters. The number of hydrogen-bond donors (Lipinski definition) is 2. The van der Waals surface area contributed by atoms with Crippen molar-refractivity contribution in [1.29, 1.82) is 5.26 Å². The van der Waals surface area contributed by atoms with Gasteiger partial charge < -0.3 is 10.4 Å². The average Bonchev–Trinajstić information content (AvgIpc) is 2.60. The van der Waals surface area contributed by atoms with Gasteiger partial charge in [0.15, 0.2) is 0 Å². The van der Waals surface area contributed by atoms with Gasteiger partial charge in [0.25, 0.3) is 0 Å². The molecule has 0 saturated carbocycles. The number of carbonyl (C=O) groups is 1. The number of benzene rings is 2. The molecule has 1 atom stereocenters. The summed E-state index contributed by atoms with van der Waals surface area (Å²) in [5.41, 5.74) is 1.55. The van der Waals surface area contributed by atoms with Crippen LogP contribution in [0.25, 0.3) is 0 Å². The van der Waals surface area contributed by atoms with Crippen molar-refractivity contribution in [3.8, 4) is 6.07 Å². The van der Waals surface area contributed by atoms with Crippen molar-refractivity contribution in [1.82, 2.24) is 5.32 Å². The van der Waals surface area contributed by atoms with Crippen LogP contribution in [0.3, 0.4) is 0 Å². The van der Waals surface area contributed by atoms with Crippen molar-refractivity contribution >= 4 is 5.91 Å². The number of aliphatic hydroxyl groups excluding tert-OH is 1. The van der Waals surface area contributed by atoms with Crippen LogP contribution in [0.1, 0.15) is 30.5 Å². The Morgan fingerprint density at radius 3 is 2.58 bits per heavy atom. The average molecular weight is 322 g/mol. The molecule has 1 amide bonds. The molecular weight excluding hydrogens is 300 g/mol. The molecule has 0 bridgehead atoms. The number of nitriles is 1. The van der Waals surface area contributed by atoms with Crippen LogP contribution in [0.5, 0.6) is 0 Å². The highest BCUT2D eigenvalue weighted by atomic mass is 16.3. The third kappa shape index (κ3) is 4.43.